The second kappa shape index (κ2) is 5.37. The Morgan fingerprint density at radius 1 is 1.14 bits per heavy atom. The highest BCUT2D eigenvalue weighted by atomic mass is 35.5. The van der Waals surface area contributed by atoms with Crippen molar-refractivity contribution in [2.24, 2.45) is 0 Å². The maximum Gasteiger partial charge on any atom is 0.228 e. The predicted octanol–water partition coefficient (Wildman–Crippen LogP) is 4.17. The number of nitrogens with zero attached hydrogens (tertiary/aromatic N) is 3. The van der Waals surface area contributed by atoms with Gasteiger partial charge in [-0.2, -0.15) is 0 Å². The van der Waals surface area contributed by atoms with Gasteiger partial charge in [0, 0.05) is 6.20 Å². The van der Waals surface area contributed by atoms with Crippen LogP contribution in [-0.4, -0.2) is 14.5 Å². The van der Waals surface area contributed by atoms with Crippen molar-refractivity contribution in [3.8, 4) is 11.5 Å². The number of halogens is 1. The lowest BCUT2D eigenvalue weighted by Gasteiger charge is -2.01. The van der Waals surface area contributed by atoms with Crippen LogP contribution < -0.4 is 0 Å². The first-order valence-corrected chi connectivity index (χ1v) is 7.14. The van der Waals surface area contributed by atoms with Crippen LogP contribution in [0.3, 0.4) is 0 Å². The van der Waals surface area contributed by atoms with Gasteiger partial charge in [0.05, 0.1) is 22.8 Å². The van der Waals surface area contributed by atoms with Crippen LogP contribution in [0.15, 0.2) is 34.9 Å². The van der Waals surface area contributed by atoms with Gasteiger partial charge in [0.15, 0.2) is 0 Å². The van der Waals surface area contributed by atoms with Crippen molar-refractivity contribution < 1.29 is 4.42 Å². The highest BCUT2D eigenvalue weighted by molar-refractivity contribution is 6.33. The zero-order valence-corrected chi connectivity index (χ0v) is 13.0. The van der Waals surface area contributed by atoms with E-state index in [1.807, 2.05) is 51.2 Å². The number of oxazole rings is 1. The van der Waals surface area contributed by atoms with Gasteiger partial charge in [-0.3, -0.25) is 0 Å². The van der Waals surface area contributed by atoms with Crippen molar-refractivity contribution in [3.63, 3.8) is 0 Å². The van der Waals surface area contributed by atoms with Gasteiger partial charge < -0.3 is 8.98 Å². The van der Waals surface area contributed by atoms with Gasteiger partial charge in [-0.25, -0.2) is 9.97 Å². The van der Waals surface area contributed by atoms with Gasteiger partial charge in [0.2, 0.25) is 5.89 Å². The monoisotopic (exact) mass is 301 g/mol. The second-order valence-electron chi connectivity index (χ2n) is 5.06. The van der Waals surface area contributed by atoms with E-state index < -0.39 is 0 Å². The van der Waals surface area contributed by atoms with Crippen LogP contribution in [-0.2, 0) is 6.54 Å². The number of benzene rings is 1. The van der Waals surface area contributed by atoms with Crippen molar-refractivity contribution in [1.29, 1.82) is 0 Å². The number of rotatable bonds is 3. The van der Waals surface area contributed by atoms with E-state index in [0.29, 0.717) is 17.5 Å². The smallest absolute Gasteiger partial charge is 0.228 e. The third-order valence-electron chi connectivity index (χ3n) is 3.41. The highest BCUT2D eigenvalue weighted by Gasteiger charge is 2.14. The molecule has 108 valence electrons. The molecule has 0 unspecified atom stereocenters. The molecule has 3 rings (SSSR count). The molecule has 2 aromatic heterocycles. The first kappa shape index (κ1) is 13.9. The van der Waals surface area contributed by atoms with Crippen LogP contribution in [0.1, 0.15) is 23.0 Å². The van der Waals surface area contributed by atoms with Crippen molar-refractivity contribution in [3.05, 3.63) is 58.5 Å². The molecule has 0 aliphatic rings. The summed E-state index contributed by atoms with van der Waals surface area (Å²) in [6.45, 7) is 6.53. The molecule has 0 fully saturated rings. The summed E-state index contributed by atoms with van der Waals surface area (Å²) in [6.07, 6.45) is 2.01. The van der Waals surface area contributed by atoms with Crippen molar-refractivity contribution >= 4 is 11.6 Å². The average molecular weight is 302 g/mol. The minimum atomic E-state index is 0.558. The average Bonchev–Trinajstić information content (AvgIpc) is 2.94. The topological polar surface area (TPSA) is 43.9 Å². The maximum absolute atomic E-state index is 6.19. The van der Waals surface area contributed by atoms with Crippen LogP contribution >= 0.6 is 11.6 Å². The molecular formula is C16H16ClN3O. The van der Waals surface area contributed by atoms with Gasteiger partial charge in [-0.15, -0.1) is 0 Å². The zero-order valence-electron chi connectivity index (χ0n) is 12.2. The minimum absolute atomic E-state index is 0.558. The number of hydrogen-bond donors (Lipinski definition) is 0. The van der Waals surface area contributed by atoms with Crippen LogP contribution in [0, 0.1) is 20.8 Å². The number of aromatic nitrogens is 3. The first-order chi connectivity index (χ1) is 10.0. The molecule has 0 atom stereocenters. The summed E-state index contributed by atoms with van der Waals surface area (Å²) < 4.78 is 7.84. The minimum Gasteiger partial charge on any atom is -0.441 e. The summed E-state index contributed by atoms with van der Waals surface area (Å²) in [5.41, 5.74) is 2.71. The SMILES string of the molecule is Cc1cn(Cc2nc(-c3ccccc3Cl)oc2C)c(C)n1. The molecular weight excluding hydrogens is 286 g/mol. The zero-order chi connectivity index (χ0) is 15.0. The fourth-order valence-electron chi connectivity index (χ4n) is 2.31. The van der Waals surface area contributed by atoms with Crippen molar-refractivity contribution in [2.75, 3.05) is 0 Å². The molecule has 21 heavy (non-hydrogen) atoms. The predicted molar refractivity (Wildman–Crippen MR) is 82.5 cm³/mol. The normalized spacial score (nSPS) is 11.0. The molecule has 0 saturated carbocycles. The van der Waals surface area contributed by atoms with Crippen LogP contribution in [0.5, 0.6) is 0 Å². The van der Waals surface area contributed by atoms with Crippen LogP contribution in [0.4, 0.5) is 0 Å². The molecule has 1 aromatic carbocycles. The molecule has 0 amide bonds. The molecule has 2 heterocycles. The van der Waals surface area contributed by atoms with Crippen molar-refractivity contribution in [1.82, 2.24) is 14.5 Å². The molecule has 5 heteroatoms. The number of hydrogen-bond acceptors (Lipinski definition) is 3. The van der Waals surface area contributed by atoms with Gasteiger partial charge in [-0.05, 0) is 32.9 Å². The van der Waals surface area contributed by atoms with E-state index in [2.05, 4.69) is 14.5 Å². The fraction of sp³-hybridized carbons (Fsp3) is 0.250. The largest absolute Gasteiger partial charge is 0.441 e. The molecule has 0 N–H and O–H groups in total. The molecule has 0 bridgehead atoms. The Morgan fingerprint density at radius 3 is 2.57 bits per heavy atom. The first-order valence-electron chi connectivity index (χ1n) is 6.76. The van der Waals surface area contributed by atoms with E-state index in [1.54, 1.807) is 0 Å². The number of imidazole rings is 1. The van der Waals surface area contributed by atoms with E-state index in [4.69, 9.17) is 16.0 Å². The van der Waals surface area contributed by atoms with E-state index in [-0.39, 0.29) is 0 Å². The molecule has 0 aliphatic carbocycles. The highest BCUT2D eigenvalue weighted by Crippen LogP contribution is 2.28. The van der Waals surface area contributed by atoms with Gasteiger partial charge in [0.25, 0.3) is 0 Å². The standard InChI is InChI=1S/C16H16ClN3O/c1-10-8-20(12(3)18-10)9-15-11(2)21-16(19-15)13-6-4-5-7-14(13)17/h4-8H,9H2,1-3H3. The Hall–Kier alpha value is -2.07. The van der Waals surface area contributed by atoms with Gasteiger partial charge >= 0.3 is 0 Å². The molecule has 0 aliphatic heterocycles. The second-order valence-corrected chi connectivity index (χ2v) is 5.47. The quantitative estimate of drug-likeness (QED) is 0.729. The van der Waals surface area contributed by atoms with Gasteiger partial charge in [-0.1, -0.05) is 23.7 Å². The van der Waals surface area contributed by atoms with Crippen LogP contribution in [0.2, 0.25) is 5.02 Å². The molecule has 3 aromatic rings. The Labute approximate surface area is 128 Å². The fourth-order valence-corrected chi connectivity index (χ4v) is 2.53. The van der Waals surface area contributed by atoms with Crippen molar-refractivity contribution in [2.45, 2.75) is 27.3 Å². The Kier molecular flexibility index (Phi) is 3.55. The van der Waals surface area contributed by atoms with E-state index >= 15 is 0 Å². The Bertz CT molecular complexity index is 789. The lowest BCUT2D eigenvalue weighted by Crippen LogP contribution is -2.02. The molecule has 0 radical (unpaired) electrons. The van der Waals surface area contributed by atoms with E-state index in [1.165, 1.54) is 0 Å². The van der Waals surface area contributed by atoms with E-state index in [9.17, 15) is 0 Å². The van der Waals surface area contributed by atoms with Crippen LogP contribution in [0.25, 0.3) is 11.5 Å². The lowest BCUT2D eigenvalue weighted by atomic mass is 10.2. The lowest BCUT2D eigenvalue weighted by molar-refractivity contribution is 0.537. The summed E-state index contributed by atoms with van der Waals surface area (Å²) in [7, 11) is 0. The Morgan fingerprint density at radius 2 is 1.90 bits per heavy atom. The number of aryl methyl sites for hydroxylation is 3. The summed E-state index contributed by atoms with van der Waals surface area (Å²) >= 11 is 6.19. The van der Waals surface area contributed by atoms with E-state index in [0.717, 1.165) is 28.5 Å². The van der Waals surface area contributed by atoms with Gasteiger partial charge in [0.1, 0.15) is 17.3 Å². The third kappa shape index (κ3) is 2.72. The molecule has 0 saturated heterocycles. The summed E-state index contributed by atoms with van der Waals surface area (Å²) in [5.74, 6) is 2.33. The molecule has 0 spiro atoms. The molecule has 4 nitrogen and oxygen atoms in total. The Balaban J connectivity index is 1.95. The summed E-state index contributed by atoms with van der Waals surface area (Å²) in [6, 6.07) is 7.55. The maximum atomic E-state index is 6.19. The third-order valence-corrected chi connectivity index (χ3v) is 3.74. The summed E-state index contributed by atoms with van der Waals surface area (Å²) in [5, 5.41) is 0.639. The summed E-state index contributed by atoms with van der Waals surface area (Å²) in [4.78, 5) is 8.99.